The summed E-state index contributed by atoms with van der Waals surface area (Å²) in [6.07, 6.45) is 2.44. The number of hydrogen-bond acceptors (Lipinski definition) is 6. The molecule has 0 fully saturated rings. The first kappa shape index (κ1) is 20.4. The lowest BCUT2D eigenvalue weighted by molar-refractivity contribution is 0.105. The Morgan fingerprint density at radius 2 is 2.19 bits per heavy atom. The van der Waals surface area contributed by atoms with Crippen LogP contribution in [0.15, 0.2) is 44.1 Å². The van der Waals surface area contributed by atoms with E-state index in [2.05, 4.69) is 15.6 Å². The zero-order valence-corrected chi connectivity index (χ0v) is 16.2. The molecule has 2 rings (SSSR count). The minimum atomic E-state index is -3.65. The molecule has 26 heavy (non-hydrogen) atoms. The van der Waals surface area contributed by atoms with Crippen LogP contribution in [0.4, 0.5) is 0 Å². The lowest BCUT2D eigenvalue weighted by Gasteiger charge is -2.11. The molecule has 0 atom stereocenters. The maximum absolute atomic E-state index is 11.3. The van der Waals surface area contributed by atoms with Crippen LogP contribution in [0.25, 0.3) is 0 Å². The third-order valence-corrected chi connectivity index (χ3v) is 5.75. The molecule has 0 spiro atoms. The van der Waals surface area contributed by atoms with Crippen LogP contribution in [-0.4, -0.2) is 34.1 Å². The van der Waals surface area contributed by atoms with E-state index in [-0.39, 0.29) is 4.21 Å². The molecule has 10 heteroatoms. The number of furan rings is 1. The second kappa shape index (κ2) is 10.3. The summed E-state index contributed by atoms with van der Waals surface area (Å²) in [6, 6.07) is 6.93. The van der Waals surface area contributed by atoms with Crippen LogP contribution in [0.1, 0.15) is 24.0 Å². The van der Waals surface area contributed by atoms with Crippen LogP contribution in [0, 0.1) is 0 Å². The van der Waals surface area contributed by atoms with Gasteiger partial charge in [0.25, 0.3) is 0 Å². The smallest absolute Gasteiger partial charge is 0.247 e. The third kappa shape index (κ3) is 7.16. The van der Waals surface area contributed by atoms with Crippen molar-refractivity contribution < 1.29 is 17.6 Å². The van der Waals surface area contributed by atoms with Crippen LogP contribution >= 0.6 is 11.3 Å². The van der Waals surface area contributed by atoms with E-state index in [1.807, 2.05) is 19.1 Å². The standard InChI is InChI=1S/C16H24N4O4S2/c1-2-18-16(19-8-4-9-23-12-13-5-3-10-24-13)20-11-14-6-7-15(25-14)26(17,21)22/h3,5-7,10H,2,4,8-9,11-12H2,1H3,(H2,17,21,22)(H2,18,19,20). The van der Waals surface area contributed by atoms with Gasteiger partial charge in [-0.15, -0.1) is 11.3 Å². The van der Waals surface area contributed by atoms with Crippen molar-refractivity contribution in [2.45, 2.75) is 30.7 Å². The molecule has 4 N–H and O–H groups in total. The normalized spacial score (nSPS) is 12.3. The fourth-order valence-electron chi connectivity index (χ4n) is 2.04. The van der Waals surface area contributed by atoms with E-state index < -0.39 is 10.0 Å². The van der Waals surface area contributed by atoms with Crippen LogP contribution < -0.4 is 15.8 Å². The highest BCUT2D eigenvalue weighted by Gasteiger charge is 2.10. The summed E-state index contributed by atoms with van der Waals surface area (Å²) in [5.74, 6) is 1.48. The second-order valence-corrected chi connectivity index (χ2v) is 8.33. The molecule has 0 saturated heterocycles. The van der Waals surface area contributed by atoms with Crippen molar-refractivity contribution in [3.8, 4) is 0 Å². The average molecular weight is 401 g/mol. The van der Waals surface area contributed by atoms with Crippen molar-refractivity contribution >= 4 is 27.3 Å². The maximum Gasteiger partial charge on any atom is 0.247 e. The zero-order chi connectivity index (χ0) is 18.8. The summed E-state index contributed by atoms with van der Waals surface area (Å²) in [4.78, 5) is 5.28. The second-order valence-electron chi connectivity index (χ2n) is 5.37. The first-order valence-electron chi connectivity index (χ1n) is 8.23. The van der Waals surface area contributed by atoms with Crippen LogP contribution in [0.3, 0.4) is 0 Å². The highest BCUT2D eigenvalue weighted by molar-refractivity contribution is 7.91. The number of nitrogens with two attached hydrogens (primary N) is 1. The van der Waals surface area contributed by atoms with E-state index in [4.69, 9.17) is 14.3 Å². The highest BCUT2D eigenvalue weighted by Crippen LogP contribution is 2.20. The molecule has 144 valence electrons. The number of guanidine groups is 1. The fourth-order valence-corrected chi connectivity index (χ4v) is 3.75. The van der Waals surface area contributed by atoms with E-state index in [9.17, 15) is 8.42 Å². The van der Waals surface area contributed by atoms with Crippen LogP contribution in [0.2, 0.25) is 0 Å². The summed E-state index contributed by atoms with van der Waals surface area (Å²) in [5.41, 5.74) is 0. The molecule has 0 aliphatic carbocycles. The minimum Gasteiger partial charge on any atom is -0.467 e. The van der Waals surface area contributed by atoms with Gasteiger partial charge in [0.05, 0.1) is 12.8 Å². The van der Waals surface area contributed by atoms with E-state index in [0.717, 1.165) is 34.9 Å². The molecule has 8 nitrogen and oxygen atoms in total. The number of primary sulfonamides is 1. The first-order valence-corrected chi connectivity index (χ1v) is 10.6. The zero-order valence-electron chi connectivity index (χ0n) is 14.6. The van der Waals surface area contributed by atoms with Crippen LogP contribution in [-0.2, 0) is 27.9 Å². The molecule has 2 aromatic heterocycles. The van der Waals surface area contributed by atoms with Crippen molar-refractivity contribution in [2.24, 2.45) is 10.1 Å². The Morgan fingerprint density at radius 1 is 1.35 bits per heavy atom. The van der Waals surface area contributed by atoms with Gasteiger partial charge in [0.1, 0.15) is 16.6 Å². The summed E-state index contributed by atoms with van der Waals surface area (Å²) < 4.78 is 33.5. The van der Waals surface area contributed by atoms with Gasteiger partial charge in [-0.3, -0.25) is 0 Å². The Hall–Kier alpha value is -1.88. The number of nitrogens with one attached hydrogen (secondary N) is 2. The van der Waals surface area contributed by atoms with Gasteiger partial charge in [0, 0.05) is 24.6 Å². The monoisotopic (exact) mass is 400 g/mol. The number of thiophene rings is 1. The largest absolute Gasteiger partial charge is 0.467 e. The van der Waals surface area contributed by atoms with Gasteiger partial charge in [-0.1, -0.05) is 0 Å². The summed E-state index contributed by atoms with van der Waals surface area (Å²) in [5, 5.41) is 11.5. The van der Waals surface area contributed by atoms with E-state index >= 15 is 0 Å². The molecule has 2 heterocycles. The number of nitrogens with zero attached hydrogens (tertiary/aromatic N) is 1. The molecule has 0 amide bonds. The fraction of sp³-hybridized carbons (Fsp3) is 0.438. The Bertz CT molecular complexity index is 785. The number of hydrogen-bond donors (Lipinski definition) is 3. The highest BCUT2D eigenvalue weighted by atomic mass is 32.2. The lowest BCUT2D eigenvalue weighted by atomic mass is 10.4. The molecule has 0 bridgehead atoms. The molecule has 2 aromatic rings. The van der Waals surface area contributed by atoms with Crippen molar-refractivity contribution in [2.75, 3.05) is 19.7 Å². The minimum absolute atomic E-state index is 0.148. The number of sulfonamides is 1. The first-order chi connectivity index (χ1) is 12.5. The molecule has 0 radical (unpaired) electrons. The number of aliphatic imine (C=N–C) groups is 1. The van der Waals surface area contributed by atoms with Crippen LogP contribution in [0.5, 0.6) is 0 Å². The molecular formula is C16H24N4O4S2. The third-order valence-electron chi connectivity index (χ3n) is 3.24. The Kier molecular flexibility index (Phi) is 8.10. The number of ether oxygens (including phenoxy) is 1. The molecule has 0 unspecified atom stereocenters. The van der Waals surface area contributed by atoms with E-state index in [1.165, 1.54) is 6.07 Å². The van der Waals surface area contributed by atoms with E-state index in [0.29, 0.717) is 32.3 Å². The molecular weight excluding hydrogens is 376 g/mol. The van der Waals surface area contributed by atoms with Gasteiger partial charge < -0.3 is 19.8 Å². The maximum atomic E-state index is 11.3. The Labute approximate surface area is 157 Å². The average Bonchev–Trinajstić information content (AvgIpc) is 3.26. The SMILES string of the molecule is CCNC(=NCc1ccc(S(N)(=O)=O)s1)NCCCOCc1ccco1. The van der Waals surface area contributed by atoms with Crippen molar-refractivity contribution in [1.82, 2.24) is 10.6 Å². The molecule has 0 saturated carbocycles. The Morgan fingerprint density at radius 3 is 2.85 bits per heavy atom. The molecule has 0 aliphatic rings. The quantitative estimate of drug-likeness (QED) is 0.317. The van der Waals surface area contributed by atoms with Crippen molar-refractivity contribution in [3.63, 3.8) is 0 Å². The predicted molar refractivity (Wildman–Crippen MR) is 101 cm³/mol. The van der Waals surface area contributed by atoms with Gasteiger partial charge >= 0.3 is 0 Å². The molecule has 0 aliphatic heterocycles. The number of rotatable bonds is 10. The van der Waals surface area contributed by atoms with Crippen molar-refractivity contribution in [3.05, 3.63) is 41.2 Å². The van der Waals surface area contributed by atoms with Gasteiger partial charge in [-0.25, -0.2) is 18.5 Å². The van der Waals surface area contributed by atoms with Gasteiger partial charge in [0.2, 0.25) is 10.0 Å². The van der Waals surface area contributed by atoms with Gasteiger partial charge in [0.15, 0.2) is 5.96 Å². The van der Waals surface area contributed by atoms with Gasteiger partial charge in [-0.05, 0) is 37.6 Å². The van der Waals surface area contributed by atoms with Gasteiger partial charge in [-0.2, -0.15) is 0 Å². The Balaban J connectivity index is 1.72. The van der Waals surface area contributed by atoms with Crippen molar-refractivity contribution in [1.29, 1.82) is 0 Å². The summed E-state index contributed by atoms with van der Waals surface area (Å²) in [6.45, 7) is 4.87. The lowest BCUT2D eigenvalue weighted by Crippen LogP contribution is -2.38. The predicted octanol–water partition coefficient (Wildman–Crippen LogP) is 1.65. The topological polar surface area (TPSA) is 119 Å². The summed E-state index contributed by atoms with van der Waals surface area (Å²) >= 11 is 1.13. The summed E-state index contributed by atoms with van der Waals surface area (Å²) in [7, 11) is -3.65. The van der Waals surface area contributed by atoms with E-state index in [1.54, 1.807) is 12.3 Å². The molecule has 0 aromatic carbocycles.